The number of aromatic nitrogens is 3. The molecule has 0 radical (unpaired) electrons. The summed E-state index contributed by atoms with van der Waals surface area (Å²) in [6.45, 7) is 13.2. The average Bonchev–Trinajstić information content (AvgIpc) is 3.16. The molecule has 0 N–H and O–H groups in total. The van der Waals surface area contributed by atoms with Gasteiger partial charge in [-0.15, -0.1) is 0 Å². The number of aryl methyl sites for hydroxylation is 4. The maximum Gasteiger partial charge on any atom is 0.278 e. The predicted molar refractivity (Wildman–Crippen MR) is 153 cm³/mol. The van der Waals surface area contributed by atoms with Crippen molar-refractivity contribution in [3.05, 3.63) is 73.0 Å². The van der Waals surface area contributed by atoms with Crippen molar-refractivity contribution in [2.45, 2.75) is 46.7 Å². The molecule has 188 valence electrons. The van der Waals surface area contributed by atoms with Crippen molar-refractivity contribution >= 4 is 51.6 Å². The van der Waals surface area contributed by atoms with Crippen molar-refractivity contribution in [1.82, 2.24) is 19.0 Å². The highest BCUT2D eigenvalue weighted by Gasteiger charge is 2.23. The molecule has 0 bridgehead atoms. The van der Waals surface area contributed by atoms with E-state index in [0.717, 1.165) is 33.6 Å². The van der Waals surface area contributed by atoms with E-state index in [9.17, 15) is 9.59 Å². The summed E-state index contributed by atoms with van der Waals surface area (Å²) < 4.78 is 4.64. The van der Waals surface area contributed by atoms with Crippen LogP contribution in [0.15, 0.2) is 46.3 Å². The molecule has 0 saturated heterocycles. The van der Waals surface area contributed by atoms with Crippen LogP contribution in [0.3, 0.4) is 0 Å². The van der Waals surface area contributed by atoms with E-state index in [4.69, 9.17) is 17.2 Å². The van der Waals surface area contributed by atoms with Crippen LogP contribution in [0.25, 0.3) is 21.7 Å². The number of hydrogen-bond acceptors (Lipinski definition) is 6. The number of carbonyl (C=O) groups is 1. The molecule has 0 fully saturated rings. The Labute approximate surface area is 224 Å². The SMILES string of the molecule is CCN(CC)C(=O)CSc1nc2c(sc(=S)n2-c2c(C)cccc2C)c(=O)n1-c1c(C)cccc1C. The summed E-state index contributed by atoms with van der Waals surface area (Å²) in [5.74, 6) is 0.211. The monoisotopic (exact) mass is 538 g/mol. The van der Waals surface area contributed by atoms with E-state index in [1.807, 2.05) is 82.5 Å². The topological polar surface area (TPSA) is 60.1 Å². The molecule has 1 amide bonds. The van der Waals surface area contributed by atoms with E-state index in [0.29, 0.717) is 32.5 Å². The van der Waals surface area contributed by atoms with Gasteiger partial charge in [0.05, 0.1) is 17.1 Å². The van der Waals surface area contributed by atoms with Crippen molar-refractivity contribution in [2.75, 3.05) is 18.8 Å². The van der Waals surface area contributed by atoms with E-state index < -0.39 is 0 Å². The molecule has 2 aromatic heterocycles. The minimum Gasteiger partial charge on any atom is -0.343 e. The first-order valence-electron chi connectivity index (χ1n) is 11.9. The number of thioether (sulfide) groups is 1. The van der Waals surface area contributed by atoms with E-state index >= 15 is 0 Å². The number of amides is 1. The van der Waals surface area contributed by atoms with Crippen molar-refractivity contribution in [3.63, 3.8) is 0 Å². The number of hydrogen-bond donors (Lipinski definition) is 0. The molecule has 2 heterocycles. The van der Waals surface area contributed by atoms with Crippen LogP contribution in [-0.4, -0.2) is 43.8 Å². The number of para-hydroxylation sites is 2. The molecule has 6 nitrogen and oxygen atoms in total. The molecule has 0 aliphatic carbocycles. The highest BCUT2D eigenvalue weighted by atomic mass is 32.2. The molecule has 9 heteroatoms. The Morgan fingerprint density at radius 1 is 0.944 bits per heavy atom. The van der Waals surface area contributed by atoms with Crippen LogP contribution in [0.2, 0.25) is 0 Å². The first-order valence-corrected chi connectivity index (χ1v) is 14.1. The second kappa shape index (κ2) is 10.7. The normalized spacial score (nSPS) is 11.3. The first kappa shape index (κ1) is 26.3. The van der Waals surface area contributed by atoms with Gasteiger partial charge in [-0.25, -0.2) is 4.98 Å². The van der Waals surface area contributed by atoms with Crippen LogP contribution in [0.1, 0.15) is 36.1 Å². The van der Waals surface area contributed by atoms with E-state index in [1.165, 1.54) is 23.1 Å². The maximum atomic E-state index is 14.1. The lowest BCUT2D eigenvalue weighted by molar-refractivity contribution is -0.127. The van der Waals surface area contributed by atoms with Crippen LogP contribution in [0, 0.1) is 31.6 Å². The minimum atomic E-state index is -0.170. The zero-order valence-electron chi connectivity index (χ0n) is 21.4. The molecular formula is C27H30N4O2S3. The molecule has 36 heavy (non-hydrogen) atoms. The highest BCUT2D eigenvalue weighted by molar-refractivity contribution is 7.99. The predicted octanol–water partition coefficient (Wildman–Crippen LogP) is 6.16. The number of nitrogens with zero attached hydrogens (tertiary/aromatic N) is 4. The fraction of sp³-hybridized carbons (Fsp3) is 0.333. The zero-order valence-corrected chi connectivity index (χ0v) is 23.9. The van der Waals surface area contributed by atoms with Gasteiger partial charge < -0.3 is 4.90 Å². The number of rotatable bonds is 7. The molecule has 0 atom stereocenters. The third-order valence-electron chi connectivity index (χ3n) is 6.34. The molecule has 0 spiro atoms. The van der Waals surface area contributed by atoms with Gasteiger partial charge in [-0.05, 0) is 76.0 Å². The largest absolute Gasteiger partial charge is 0.343 e. The zero-order chi connectivity index (χ0) is 26.1. The minimum absolute atomic E-state index is 0.0179. The fourth-order valence-corrected chi connectivity index (χ4v) is 6.71. The number of carbonyl (C=O) groups excluding carboxylic acids is 1. The van der Waals surface area contributed by atoms with Crippen molar-refractivity contribution in [1.29, 1.82) is 0 Å². The second-order valence-corrected chi connectivity index (χ2v) is 11.3. The fourth-order valence-electron chi connectivity index (χ4n) is 4.54. The molecule has 0 unspecified atom stereocenters. The van der Waals surface area contributed by atoms with E-state index in [2.05, 4.69) is 0 Å². The number of benzene rings is 2. The second-order valence-electron chi connectivity index (χ2n) is 8.73. The molecule has 4 rings (SSSR count). The van der Waals surface area contributed by atoms with E-state index in [-0.39, 0.29) is 17.2 Å². The average molecular weight is 539 g/mol. The van der Waals surface area contributed by atoms with Crippen molar-refractivity contribution in [3.8, 4) is 11.4 Å². The number of fused-ring (bicyclic) bond motifs is 1. The van der Waals surface area contributed by atoms with Crippen molar-refractivity contribution in [2.24, 2.45) is 0 Å². The van der Waals surface area contributed by atoms with Crippen LogP contribution in [0.5, 0.6) is 0 Å². The Morgan fingerprint density at radius 2 is 1.44 bits per heavy atom. The first-order chi connectivity index (χ1) is 17.2. The van der Waals surface area contributed by atoms with Gasteiger partial charge in [0.2, 0.25) is 5.91 Å². The maximum absolute atomic E-state index is 14.1. The Hall–Kier alpha value is -2.75. The summed E-state index contributed by atoms with van der Waals surface area (Å²) in [7, 11) is 0. The van der Waals surface area contributed by atoms with Crippen LogP contribution in [-0.2, 0) is 4.79 Å². The van der Waals surface area contributed by atoms with Gasteiger partial charge >= 0.3 is 0 Å². The Morgan fingerprint density at radius 3 is 1.94 bits per heavy atom. The number of thiazole rings is 1. The van der Waals surface area contributed by atoms with Gasteiger partial charge in [0.1, 0.15) is 4.70 Å². The molecular weight excluding hydrogens is 509 g/mol. The van der Waals surface area contributed by atoms with Gasteiger partial charge in [-0.1, -0.05) is 59.5 Å². The standard InChI is InChI=1S/C27H30N4O2S3/c1-7-29(8-2)20(32)15-35-26-28-24-23(25(33)31(26)22-18(5)13-10-14-19(22)6)36-27(34)30(24)21-16(3)11-9-12-17(21)4/h9-14H,7-8,15H2,1-6H3. The summed E-state index contributed by atoms with van der Waals surface area (Å²) in [6, 6.07) is 12.0. The summed E-state index contributed by atoms with van der Waals surface area (Å²) in [5.41, 5.74) is 6.15. The quantitative estimate of drug-likeness (QED) is 0.160. The van der Waals surface area contributed by atoms with Gasteiger partial charge in [-0.2, -0.15) is 0 Å². The summed E-state index contributed by atoms with van der Waals surface area (Å²) in [5, 5.41) is 0.484. The molecule has 0 aliphatic rings. The Balaban J connectivity index is 2.02. The lowest BCUT2D eigenvalue weighted by Crippen LogP contribution is -2.32. The summed E-state index contributed by atoms with van der Waals surface area (Å²) >= 11 is 8.34. The van der Waals surface area contributed by atoms with Gasteiger partial charge in [0, 0.05) is 13.1 Å². The Kier molecular flexibility index (Phi) is 7.82. The van der Waals surface area contributed by atoms with Gasteiger partial charge in [-0.3, -0.25) is 18.7 Å². The smallest absolute Gasteiger partial charge is 0.278 e. The van der Waals surface area contributed by atoms with Gasteiger partial charge in [0.25, 0.3) is 5.56 Å². The summed E-state index contributed by atoms with van der Waals surface area (Å²) in [4.78, 5) is 33.7. The molecule has 0 aliphatic heterocycles. The molecule has 2 aromatic carbocycles. The van der Waals surface area contributed by atoms with Gasteiger partial charge in [0.15, 0.2) is 14.8 Å². The van der Waals surface area contributed by atoms with Crippen LogP contribution < -0.4 is 5.56 Å². The van der Waals surface area contributed by atoms with Crippen LogP contribution in [0.4, 0.5) is 0 Å². The van der Waals surface area contributed by atoms with E-state index in [1.54, 1.807) is 9.47 Å². The van der Waals surface area contributed by atoms with Crippen molar-refractivity contribution < 1.29 is 4.79 Å². The Bertz CT molecular complexity index is 1540. The molecule has 4 aromatic rings. The lowest BCUT2D eigenvalue weighted by atomic mass is 10.1. The lowest BCUT2D eigenvalue weighted by Gasteiger charge is -2.20. The summed E-state index contributed by atoms with van der Waals surface area (Å²) in [6.07, 6.45) is 0. The van der Waals surface area contributed by atoms with Crippen LogP contribution >= 0.6 is 35.3 Å². The third-order valence-corrected chi connectivity index (χ3v) is 8.62. The third kappa shape index (κ3) is 4.67. The molecule has 0 saturated carbocycles. The highest BCUT2D eigenvalue weighted by Crippen LogP contribution is 2.31.